The number of fused-ring (bicyclic) bond motifs is 1. The molecule has 5 nitrogen and oxygen atoms in total. The van der Waals surface area contributed by atoms with E-state index in [-0.39, 0.29) is 10.9 Å². The lowest BCUT2D eigenvalue weighted by Gasteiger charge is -2.11. The first-order valence-electron chi connectivity index (χ1n) is 5.83. The van der Waals surface area contributed by atoms with Gasteiger partial charge < -0.3 is 10.7 Å². The number of anilines is 1. The van der Waals surface area contributed by atoms with Crippen molar-refractivity contribution in [3.8, 4) is 0 Å². The van der Waals surface area contributed by atoms with Gasteiger partial charge in [-0.3, -0.25) is 0 Å². The SMILES string of the molecule is CCC(C)NS(=O)(=O)c1c[nH]c2ccc(N)cc12. The fourth-order valence-corrected chi connectivity index (χ4v) is 3.24. The second kappa shape index (κ2) is 4.62. The van der Waals surface area contributed by atoms with Gasteiger partial charge in [-0.2, -0.15) is 0 Å². The molecule has 0 saturated carbocycles. The molecule has 1 heterocycles. The zero-order valence-corrected chi connectivity index (χ0v) is 11.2. The number of benzene rings is 1. The third-order valence-corrected chi connectivity index (χ3v) is 4.56. The fraction of sp³-hybridized carbons (Fsp3) is 0.333. The van der Waals surface area contributed by atoms with Crippen molar-refractivity contribution >= 4 is 26.6 Å². The monoisotopic (exact) mass is 267 g/mol. The Morgan fingerprint density at radius 3 is 2.83 bits per heavy atom. The molecule has 1 unspecified atom stereocenters. The number of hydrogen-bond donors (Lipinski definition) is 3. The molecule has 0 spiro atoms. The molecule has 2 rings (SSSR count). The Labute approximate surface area is 106 Å². The molecular weight excluding hydrogens is 250 g/mol. The zero-order chi connectivity index (χ0) is 13.3. The molecule has 0 fully saturated rings. The highest BCUT2D eigenvalue weighted by Crippen LogP contribution is 2.24. The molecule has 0 saturated heterocycles. The molecule has 0 aliphatic carbocycles. The normalized spacial score (nSPS) is 13.9. The summed E-state index contributed by atoms with van der Waals surface area (Å²) in [7, 11) is -3.51. The number of aromatic amines is 1. The van der Waals surface area contributed by atoms with Gasteiger partial charge in [0.2, 0.25) is 10.0 Å². The van der Waals surface area contributed by atoms with Crippen LogP contribution in [0, 0.1) is 0 Å². The van der Waals surface area contributed by atoms with Crippen LogP contribution in [-0.2, 0) is 10.0 Å². The molecule has 1 aromatic carbocycles. The third-order valence-electron chi connectivity index (χ3n) is 2.93. The van der Waals surface area contributed by atoms with E-state index in [0.717, 1.165) is 11.9 Å². The van der Waals surface area contributed by atoms with Crippen molar-refractivity contribution in [2.45, 2.75) is 31.2 Å². The van der Waals surface area contributed by atoms with Crippen LogP contribution in [0.2, 0.25) is 0 Å². The van der Waals surface area contributed by atoms with Crippen molar-refractivity contribution < 1.29 is 8.42 Å². The largest absolute Gasteiger partial charge is 0.399 e. The van der Waals surface area contributed by atoms with Crippen LogP contribution in [0.1, 0.15) is 20.3 Å². The van der Waals surface area contributed by atoms with Crippen LogP contribution in [0.3, 0.4) is 0 Å². The molecule has 0 amide bonds. The van der Waals surface area contributed by atoms with Gasteiger partial charge in [-0.15, -0.1) is 0 Å². The van der Waals surface area contributed by atoms with Crippen molar-refractivity contribution in [1.29, 1.82) is 0 Å². The highest BCUT2D eigenvalue weighted by Gasteiger charge is 2.20. The number of H-pyrrole nitrogens is 1. The van der Waals surface area contributed by atoms with E-state index in [1.54, 1.807) is 18.2 Å². The zero-order valence-electron chi connectivity index (χ0n) is 10.4. The summed E-state index contributed by atoms with van der Waals surface area (Å²) in [5.74, 6) is 0. The van der Waals surface area contributed by atoms with Crippen LogP contribution in [0.5, 0.6) is 0 Å². The van der Waals surface area contributed by atoms with Gasteiger partial charge in [0.25, 0.3) is 0 Å². The second-order valence-corrected chi connectivity index (χ2v) is 6.07. The second-order valence-electron chi connectivity index (χ2n) is 4.39. The van der Waals surface area contributed by atoms with E-state index < -0.39 is 10.0 Å². The van der Waals surface area contributed by atoms with Crippen LogP contribution in [0.4, 0.5) is 5.69 Å². The van der Waals surface area contributed by atoms with Crippen molar-refractivity contribution in [2.24, 2.45) is 0 Å². The van der Waals surface area contributed by atoms with E-state index in [9.17, 15) is 8.42 Å². The minimum absolute atomic E-state index is 0.0963. The van der Waals surface area contributed by atoms with E-state index in [2.05, 4.69) is 9.71 Å². The highest BCUT2D eigenvalue weighted by atomic mass is 32.2. The molecule has 0 bridgehead atoms. The Morgan fingerprint density at radius 1 is 1.44 bits per heavy atom. The highest BCUT2D eigenvalue weighted by molar-refractivity contribution is 7.89. The molecule has 1 atom stereocenters. The number of aromatic nitrogens is 1. The van der Waals surface area contributed by atoms with Gasteiger partial charge in [0.05, 0.1) is 0 Å². The minimum Gasteiger partial charge on any atom is -0.399 e. The van der Waals surface area contributed by atoms with E-state index in [1.165, 1.54) is 6.20 Å². The number of hydrogen-bond acceptors (Lipinski definition) is 3. The first-order valence-corrected chi connectivity index (χ1v) is 7.31. The summed E-state index contributed by atoms with van der Waals surface area (Å²) < 4.78 is 27.1. The van der Waals surface area contributed by atoms with Crippen molar-refractivity contribution in [3.63, 3.8) is 0 Å². The molecule has 0 radical (unpaired) electrons. The van der Waals surface area contributed by atoms with E-state index >= 15 is 0 Å². The minimum atomic E-state index is -3.51. The predicted octanol–water partition coefficient (Wildman–Crippen LogP) is 1.83. The Hall–Kier alpha value is -1.53. The summed E-state index contributed by atoms with van der Waals surface area (Å²) >= 11 is 0. The molecule has 6 heteroatoms. The Bertz CT molecular complexity index is 661. The number of nitrogens with two attached hydrogens (primary N) is 1. The lowest BCUT2D eigenvalue weighted by molar-refractivity contribution is 0.556. The van der Waals surface area contributed by atoms with Crippen LogP contribution >= 0.6 is 0 Å². The van der Waals surface area contributed by atoms with E-state index in [1.807, 2.05) is 13.8 Å². The Balaban J connectivity index is 2.50. The van der Waals surface area contributed by atoms with Gasteiger partial charge in [-0.25, -0.2) is 13.1 Å². The van der Waals surface area contributed by atoms with Crippen LogP contribution in [-0.4, -0.2) is 19.4 Å². The maximum Gasteiger partial charge on any atom is 0.242 e. The number of nitrogens with one attached hydrogen (secondary N) is 2. The molecule has 98 valence electrons. The van der Waals surface area contributed by atoms with Crippen LogP contribution in [0.15, 0.2) is 29.3 Å². The van der Waals surface area contributed by atoms with Crippen molar-refractivity contribution in [3.05, 3.63) is 24.4 Å². The van der Waals surface area contributed by atoms with Gasteiger partial charge in [0, 0.05) is 28.8 Å². The standard InChI is InChI=1S/C12H17N3O2S/c1-3-8(2)15-18(16,17)12-7-14-11-5-4-9(13)6-10(11)12/h4-8,14-15H,3,13H2,1-2H3. The maximum absolute atomic E-state index is 12.2. The summed E-state index contributed by atoms with van der Waals surface area (Å²) in [6, 6.07) is 5.07. The van der Waals surface area contributed by atoms with E-state index in [4.69, 9.17) is 5.73 Å². The lowest BCUT2D eigenvalue weighted by atomic mass is 10.2. The summed E-state index contributed by atoms with van der Waals surface area (Å²) in [5, 5.41) is 0.616. The molecule has 1 aromatic heterocycles. The molecular formula is C12H17N3O2S. The van der Waals surface area contributed by atoms with Gasteiger partial charge in [-0.1, -0.05) is 6.92 Å². The first kappa shape index (κ1) is 12.9. The number of nitrogen functional groups attached to an aromatic ring is 1. The molecule has 0 aliphatic heterocycles. The number of rotatable bonds is 4. The summed E-state index contributed by atoms with van der Waals surface area (Å²) in [4.78, 5) is 3.18. The molecule has 0 aliphatic rings. The van der Waals surface area contributed by atoms with Gasteiger partial charge in [-0.05, 0) is 31.5 Å². The Morgan fingerprint density at radius 2 is 2.17 bits per heavy atom. The van der Waals surface area contributed by atoms with E-state index in [0.29, 0.717) is 11.1 Å². The predicted molar refractivity (Wildman–Crippen MR) is 72.8 cm³/mol. The average Bonchev–Trinajstić information content (AvgIpc) is 2.71. The van der Waals surface area contributed by atoms with Crippen LogP contribution in [0.25, 0.3) is 10.9 Å². The smallest absolute Gasteiger partial charge is 0.242 e. The van der Waals surface area contributed by atoms with Crippen molar-refractivity contribution in [1.82, 2.24) is 9.71 Å². The summed E-state index contributed by atoms with van der Waals surface area (Å²) in [6.07, 6.45) is 2.23. The molecule has 18 heavy (non-hydrogen) atoms. The topological polar surface area (TPSA) is 88.0 Å². The number of sulfonamides is 1. The fourth-order valence-electron chi connectivity index (χ4n) is 1.75. The first-order chi connectivity index (χ1) is 8.44. The van der Waals surface area contributed by atoms with Gasteiger partial charge in [0.1, 0.15) is 4.90 Å². The quantitative estimate of drug-likeness (QED) is 0.738. The summed E-state index contributed by atoms with van der Waals surface area (Å²) in [5.41, 5.74) is 7.00. The third kappa shape index (κ3) is 2.34. The Kier molecular flexibility index (Phi) is 3.32. The lowest BCUT2D eigenvalue weighted by Crippen LogP contribution is -2.31. The van der Waals surface area contributed by atoms with Gasteiger partial charge >= 0.3 is 0 Å². The maximum atomic E-state index is 12.2. The van der Waals surface area contributed by atoms with Crippen molar-refractivity contribution in [2.75, 3.05) is 5.73 Å². The molecule has 2 aromatic rings. The summed E-state index contributed by atoms with van der Waals surface area (Å²) in [6.45, 7) is 3.77. The van der Waals surface area contributed by atoms with Gasteiger partial charge in [0.15, 0.2) is 0 Å². The van der Waals surface area contributed by atoms with Crippen LogP contribution < -0.4 is 10.5 Å². The average molecular weight is 267 g/mol. The molecule has 4 N–H and O–H groups in total.